The lowest BCUT2D eigenvalue weighted by Gasteiger charge is -2.06. The summed E-state index contributed by atoms with van der Waals surface area (Å²) in [7, 11) is 0. The Balaban J connectivity index is 1.94. The molecule has 0 aromatic carbocycles. The second-order valence-corrected chi connectivity index (χ2v) is 4.72. The van der Waals surface area contributed by atoms with Gasteiger partial charge in [0.2, 0.25) is 0 Å². The van der Waals surface area contributed by atoms with E-state index in [2.05, 4.69) is 27.5 Å². The topological polar surface area (TPSA) is 66.9 Å². The van der Waals surface area contributed by atoms with Gasteiger partial charge in [0, 0.05) is 11.9 Å². The van der Waals surface area contributed by atoms with Crippen LogP contribution in [-0.2, 0) is 6.54 Å². The molecule has 0 saturated heterocycles. The van der Waals surface area contributed by atoms with E-state index in [-0.39, 0.29) is 5.91 Å². The van der Waals surface area contributed by atoms with Gasteiger partial charge in [0.15, 0.2) is 0 Å². The number of hydrogen-bond acceptors (Lipinski definition) is 5. The van der Waals surface area contributed by atoms with E-state index in [1.165, 1.54) is 11.3 Å². The van der Waals surface area contributed by atoms with Gasteiger partial charge in [-0.1, -0.05) is 13.0 Å². The van der Waals surface area contributed by atoms with Crippen LogP contribution in [0.3, 0.4) is 0 Å². The molecule has 0 aliphatic rings. The second kappa shape index (κ2) is 6.84. The Morgan fingerprint density at radius 3 is 3.05 bits per heavy atom. The molecule has 0 bridgehead atoms. The highest BCUT2D eigenvalue weighted by Crippen LogP contribution is 2.06. The van der Waals surface area contributed by atoms with Crippen LogP contribution in [-0.4, -0.2) is 22.4 Å². The molecule has 5 nitrogen and oxygen atoms in total. The van der Waals surface area contributed by atoms with Crippen molar-refractivity contribution in [1.29, 1.82) is 0 Å². The van der Waals surface area contributed by atoms with E-state index in [0.717, 1.165) is 24.5 Å². The monoisotopic (exact) mass is 276 g/mol. The number of carbonyl (C=O) groups excluding carboxylic acids is 1. The third-order valence-electron chi connectivity index (χ3n) is 2.45. The van der Waals surface area contributed by atoms with Crippen LogP contribution in [0.2, 0.25) is 0 Å². The minimum absolute atomic E-state index is 0.187. The van der Waals surface area contributed by atoms with Crippen molar-refractivity contribution >= 4 is 23.1 Å². The highest BCUT2D eigenvalue weighted by molar-refractivity contribution is 7.07. The van der Waals surface area contributed by atoms with Crippen molar-refractivity contribution in [2.24, 2.45) is 0 Å². The lowest BCUT2D eigenvalue weighted by molar-refractivity contribution is 0.0945. The van der Waals surface area contributed by atoms with Crippen LogP contribution < -0.4 is 10.6 Å². The maximum Gasteiger partial charge on any atom is 0.270 e. The fraction of sp³-hybridized carbons (Fsp3) is 0.308. The zero-order valence-electron chi connectivity index (χ0n) is 10.7. The molecule has 0 aliphatic carbocycles. The first kappa shape index (κ1) is 13.5. The van der Waals surface area contributed by atoms with Gasteiger partial charge in [0.1, 0.15) is 11.5 Å². The Bertz CT molecular complexity index is 527. The van der Waals surface area contributed by atoms with E-state index in [9.17, 15) is 4.79 Å². The van der Waals surface area contributed by atoms with Gasteiger partial charge < -0.3 is 10.6 Å². The number of pyridine rings is 1. The minimum atomic E-state index is -0.187. The van der Waals surface area contributed by atoms with Gasteiger partial charge in [-0.05, 0) is 18.6 Å². The Kier molecular flexibility index (Phi) is 4.85. The maximum absolute atomic E-state index is 11.9. The van der Waals surface area contributed by atoms with Crippen molar-refractivity contribution in [3.8, 4) is 0 Å². The van der Waals surface area contributed by atoms with E-state index in [4.69, 9.17) is 0 Å². The molecular weight excluding hydrogens is 260 g/mol. The normalized spacial score (nSPS) is 10.2. The number of aromatic nitrogens is 2. The zero-order chi connectivity index (χ0) is 13.5. The highest BCUT2D eigenvalue weighted by Gasteiger charge is 2.08. The Morgan fingerprint density at radius 2 is 2.32 bits per heavy atom. The summed E-state index contributed by atoms with van der Waals surface area (Å²) >= 11 is 1.51. The molecule has 0 radical (unpaired) electrons. The number of hydrogen-bond donors (Lipinski definition) is 2. The van der Waals surface area contributed by atoms with Crippen LogP contribution in [0.25, 0.3) is 0 Å². The number of nitrogens with zero attached hydrogens (tertiary/aromatic N) is 2. The summed E-state index contributed by atoms with van der Waals surface area (Å²) in [5.41, 5.74) is 3.02. The molecule has 2 N–H and O–H groups in total. The summed E-state index contributed by atoms with van der Waals surface area (Å²) in [5, 5.41) is 7.87. The fourth-order valence-electron chi connectivity index (χ4n) is 1.50. The molecule has 6 heteroatoms. The predicted octanol–water partition coefficient (Wildman–Crippen LogP) is 2.29. The SMILES string of the molecule is CCCNc1cccc(C(=O)NCc2cscn2)n1. The molecule has 2 rings (SSSR count). The highest BCUT2D eigenvalue weighted by atomic mass is 32.1. The van der Waals surface area contributed by atoms with Crippen LogP contribution in [0.15, 0.2) is 29.1 Å². The fourth-order valence-corrected chi connectivity index (χ4v) is 2.06. The average Bonchev–Trinajstić information content (AvgIpc) is 2.96. The van der Waals surface area contributed by atoms with Crippen LogP contribution in [0.5, 0.6) is 0 Å². The predicted molar refractivity (Wildman–Crippen MR) is 76.3 cm³/mol. The third kappa shape index (κ3) is 4.03. The molecular formula is C13H16N4OS. The van der Waals surface area contributed by atoms with Crippen molar-refractivity contribution in [3.05, 3.63) is 40.5 Å². The van der Waals surface area contributed by atoms with Crippen molar-refractivity contribution in [2.45, 2.75) is 19.9 Å². The lowest BCUT2D eigenvalue weighted by atomic mass is 10.3. The summed E-state index contributed by atoms with van der Waals surface area (Å²) < 4.78 is 0. The number of anilines is 1. The van der Waals surface area contributed by atoms with Gasteiger partial charge in [-0.2, -0.15) is 0 Å². The van der Waals surface area contributed by atoms with Crippen LogP contribution >= 0.6 is 11.3 Å². The minimum Gasteiger partial charge on any atom is -0.370 e. The molecule has 0 saturated carbocycles. The second-order valence-electron chi connectivity index (χ2n) is 4.00. The van der Waals surface area contributed by atoms with Crippen molar-refractivity contribution in [3.63, 3.8) is 0 Å². The summed E-state index contributed by atoms with van der Waals surface area (Å²) in [5.74, 6) is 0.538. The van der Waals surface area contributed by atoms with E-state index >= 15 is 0 Å². The van der Waals surface area contributed by atoms with Gasteiger partial charge in [-0.25, -0.2) is 9.97 Å². The largest absolute Gasteiger partial charge is 0.370 e. The van der Waals surface area contributed by atoms with E-state index < -0.39 is 0 Å². The van der Waals surface area contributed by atoms with Crippen LogP contribution in [0.4, 0.5) is 5.82 Å². The molecule has 100 valence electrons. The van der Waals surface area contributed by atoms with Crippen molar-refractivity contribution in [2.75, 3.05) is 11.9 Å². The molecule has 2 heterocycles. The van der Waals surface area contributed by atoms with E-state index in [1.807, 2.05) is 17.5 Å². The summed E-state index contributed by atoms with van der Waals surface area (Å²) in [6, 6.07) is 5.38. The van der Waals surface area contributed by atoms with Gasteiger partial charge in [0.05, 0.1) is 17.7 Å². The number of carbonyl (C=O) groups is 1. The molecule has 2 aromatic rings. The summed E-state index contributed by atoms with van der Waals surface area (Å²) in [6.45, 7) is 3.35. The molecule has 0 aliphatic heterocycles. The van der Waals surface area contributed by atoms with Crippen LogP contribution in [0, 0.1) is 0 Å². The third-order valence-corrected chi connectivity index (χ3v) is 3.09. The molecule has 1 amide bonds. The lowest BCUT2D eigenvalue weighted by Crippen LogP contribution is -2.24. The number of thiazole rings is 1. The molecule has 0 spiro atoms. The standard InChI is InChI=1S/C13H16N4OS/c1-2-6-14-12-5-3-4-11(17-12)13(18)15-7-10-8-19-9-16-10/h3-5,8-9H,2,6-7H2,1H3,(H,14,17)(H,15,18). The molecule has 0 fully saturated rings. The van der Waals surface area contributed by atoms with Gasteiger partial charge in [-0.15, -0.1) is 11.3 Å². The molecule has 19 heavy (non-hydrogen) atoms. The zero-order valence-corrected chi connectivity index (χ0v) is 11.5. The molecule has 0 unspecified atom stereocenters. The summed E-state index contributed by atoms with van der Waals surface area (Å²) in [4.78, 5) is 20.3. The van der Waals surface area contributed by atoms with Gasteiger partial charge in [-0.3, -0.25) is 4.79 Å². The first-order chi connectivity index (χ1) is 9.29. The van der Waals surface area contributed by atoms with Crippen LogP contribution in [0.1, 0.15) is 29.5 Å². The van der Waals surface area contributed by atoms with Gasteiger partial charge >= 0.3 is 0 Å². The Morgan fingerprint density at radius 1 is 1.42 bits per heavy atom. The van der Waals surface area contributed by atoms with Gasteiger partial charge in [0.25, 0.3) is 5.91 Å². The maximum atomic E-state index is 11.9. The van der Waals surface area contributed by atoms with Crippen molar-refractivity contribution in [1.82, 2.24) is 15.3 Å². The Hall–Kier alpha value is -1.95. The average molecular weight is 276 g/mol. The molecule has 0 atom stereocenters. The smallest absolute Gasteiger partial charge is 0.270 e. The number of rotatable bonds is 6. The van der Waals surface area contributed by atoms with Crippen molar-refractivity contribution < 1.29 is 4.79 Å². The first-order valence-electron chi connectivity index (χ1n) is 6.16. The first-order valence-corrected chi connectivity index (χ1v) is 7.10. The quantitative estimate of drug-likeness (QED) is 0.849. The van der Waals surface area contributed by atoms with E-state index in [1.54, 1.807) is 11.6 Å². The number of amides is 1. The number of nitrogens with one attached hydrogen (secondary N) is 2. The van der Waals surface area contributed by atoms with E-state index in [0.29, 0.717) is 12.2 Å². The Labute approximate surface area is 116 Å². The molecule has 2 aromatic heterocycles. The summed E-state index contributed by atoms with van der Waals surface area (Å²) in [6.07, 6.45) is 1.02.